The van der Waals surface area contributed by atoms with E-state index >= 15 is 0 Å². The highest BCUT2D eigenvalue weighted by Gasteiger charge is 2.16. The van der Waals surface area contributed by atoms with Gasteiger partial charge in [-0.2, -0.15) is 5.10 Å². The first kappa shape index (κ1) is 25.1. The predicted octanol–water partition coefficient (Wildman–Crippen LogP) is 5.45. The summed E-state index contributed by atoms with van der Waals surface area (Å²) in [5, 5.41) is 4.52. The van der Waals surface area contributed by atoms with Crippen molar-refractivity contribution in [2.24, 2.45) is 5.10 Å². The Hall–Kier alpha value is -3.55. The molecule has 3 aromatic carbocycles. The van der Waals surface area contributed by atoms with Crippen LogP contribution in [0, 0.1) is 6.92 Å². The van der Waals surface area contributed by atoms with Crippen LogP contribution in [-0.4, -0.2) is 31.3 Å². The van der Waals surface area contributed by atoms with Crippen LogP contribution in [0.1, 0.15) is 28.4 Å². The number of ether oxygens (including phenoxy) is 3. The molecule has 0 radical (unpaired) electrons. The molecule has 7 nitrogen and oxygen atoms in total. The number of carbonyl (C=O) groups excluding carboxylic acids is 2. The minimum Gasteiger partial charge on any atom is -0.490 e. The number of amides is 1. The Morgan fingerprint density at radius 2 is 1.74 bits per heavy atom. The van der Waals surface area contributed by atoms with Crippen LogP contribution in [-0.2, 0) is 4.79 Å². The Kier molecular flexibility index (Phi) is 8.90. The molecule has 0 aliphatic rings. The molecule has 0 saturated heterocycles. The van der Waals surface area contributed by atoms with Gasteiger partial charge < -0.3 is 14.2 Å². The summed E-state index contributed by atoms with van der Waals surface area (Å²) in [4.78, 5) is 24.5. The van der Waals surface area contributed by atoms with Gasteiger partial charge in [0.15, 0.2) is 18.1 Å². The van der Waals surface area contributed by atoms with E-state index in [1.54, 1.807) is 43.3 Å². The topological polar surface area (TPSA) is 86.2 Å². The Labute approximate surface area is 207 Å². The van der Waals surface area contributed by atoms with Crippen LogP contribution in [0.3, 0.4) is 0 Å². The molecule has 0 unspecified atom stereocenters. The highest BCUT2D eigenvalue weighted by atomic mass is 35.5. The maximum absolute atomic E-state index is 12.5. The molecule has 0 atom stereocenters. The number of nitrogens with zero attached hydrogens (tertiary/aromatic N) is 1. The lowest BCUT2D eigenvalue weighted by molar-refractivity contribution is -0.123. The number of hydrazone groups is 1. The summed E-state index contributed by atoms with van der Waals surface area (Å²) in [6.45, 7) is 3.94. The molecule has 1 N–H and O–H groups in total. The van der Waals surface area contributed by atoms with Gasteiger partial charge in [0.25, 0.3) is 5.91 Å². The summed E-state index contributed by atoms with van der Waals surface area (Å²) in [5.41, 5.74) is 4.29. The molecule has 0 fully saturated rings. The Bertz CT molecular complexity index is 1200. The van der Waals surface area contributed by atoms with Crippen molar-refractivity contribution in [2.75, 3.05) is 13.2 Å². The molecule has 0 aliphatic carbocycles. The first-order chi connectivity index (χ1) is 16.4. The Morgan fingerprint density at radius 1 is 0.971 bits per heavy atom. The van der Waals surface area contributed by atoms with Crippen molar-refractivity contribution in [2.45, 2.75) is 13.8 Å². The largest absolute Gasteiger partial charge is 0.490 e. The van der Waals surface area contributed by atoms with E-state index < -0.39 is 11.9 Å². The molecule has 0 heterocycles. The van der Waals surface area contributed by atoms with Crippen LogP contribution in [0.25, 0.3) is 0 Å². The lowest BCUT2D eigenvalue weighted by atomic mass is 10.2. The van der Waals surface area contributed by atoms with Crippen molar-refractivity contribution >= 4 is 41.3 Å². The van der Waals surface area contributed by atoms with Crippen molar-refractivity contribution in [1.29, 1.82) is 0 Å². The van der Waals surface area contributed by atoms with E-state index in [9.17, 15) is 9.59 Å². The second kappa shape index (κ2) is 12.1. The van der Waals surface area contributed by atoms with Gasteiger partial charge in [0, 0.05) is 5.02 Å². The summed E-state index contributed by atoms with van der Waals surface area (Å²) in [7, 11) is 0. The number of hydrogen-bond acceptors (Lipinski definition) is 6. The molecular weight excluding hydrogens is 479 g/mol. The van der Waals surface area contributed by atoms with E-state index in [1.807, 2.05) is 19.1 Å². The van der Waals surface area contributed by atoms with Crippen LogP contribution in [0.15, 0.2) is 65.8 Å². The molecule has 0 spiro atoms. The number of carbonyl (C=O) groups is 2. The Morgan fingerprint density at radius 3 is 2.44 bits per heavy atom. The van der Waals surface area contributed by atoms with Crippen molar-refractivity contribution in [1.82, 2.24) is 5.43 Å². The lowest BCUT2D eigenvalue weighted by Crippen LogP contribution is -2.24. The summed E-state index contributed by atoms with van der Waals surface area (Å²) >= 11 is 12.0. The number of aryl methyl sites for hydroxylation is 1. The summed E-state index contributed by atoms with van der Waals surface area (Å²) in [5.74, 6) is 0.0812. The number of rotatable bonds is 9. The number of nitrogens with one attached hydrogen (secondary N) is 1. The molecule has 1 amide bonds. The highest BCUT2D eigenvalue weighted by molar-refractivity contribution is 6.36. The molecule has 176 valence electrons. The predicted molar refractivity (Wildman–Crippen MR) is 131 cm³/mol. The second-order valence-corrected chi connectivity index (χ2v) is 7.89. The van der Waals surface area contributed by atoms with Crippen LogP contribution < -0.4 is 19.6 Å². The molecule has 0 aromatic heterocycles. The minimum absolute atomic E-state index is 0.174. The first-order valence-electron chi connectivity index (χ1n) is 10.3. The van der Waals surface area contributed by atoms with Crippen LogP contribution in [0.5, 0.6) is 17.2 Å². The Balaban J connectivity index is 1.61. The van der Waals surface area contributed by atoms with Crippen molar-refractivity contribution in [3.05, 3.63) is 87.4 Å². The van der Waals surface area contributed by atoms with E-state index in [0.717, 1.165) is 5.56 Å². The third kappa shape index (κ3) is 7.23. The number of esters is 1. The van der Waals surface area contributed by atoms with Gasteiger partial charge in [-0.15, -0.1) is 0 Å². The van der Waals surface area contributed by atoms with Gasteiger partial charge in [0.1, 0.15) is 5.75 Å². The van der Waals surface area contributed by atoms with E-state index in [1.165, 1.54) is 18.3 Å². The summed E-state index contributed by atoms with van der Waals surface area (Å²) < 4.78 is 16.5. The number of halogens is 2. The zero-order valence-corrected chi connectivity index (χ0v) is 20.0. The fourth-order valence-corrected chi connectivity index (χ4v) is 3.25. The van der Waals surface area contributed by atoms with Crippen LogP contribution in [0.4, 0.5) is 0 Å². The monoisotopic (exact) mass is 500 g/mol. The molecule has 0 saturated carbocycles. The first-order valence-corrected chi connectivity index (χ1v) is 11.1. The van der Waals surface area contributed by atoms with Crippen LogP contribution >= 0.6 is 23.2 Å². The van der Waals surface area contributed by atoms with Gasteiger partial charge in [-0.1, -0.05) is 40.9 Å². The molecule has 0 aliphatic heterocycles. The van der Waals surface area contributed by atoms with Crippen molar-refractivity contribution in [3.8, 4) is 17.2 Å². The van der Waals surface area contributed by atoms with E-state index in [4.69, 9.17) is 37.4 Å². The maximum atomic E-state index is 12.5. The van der Waals surface area contributed by atoms with Gasteiger partial charge in [-0.3, -0.25) is 4.79 Å². The SMILES string of the molecule is CCOc1cc(C=NNC(=O)COc2ccc(C)cc2)ccc1OC(=O)c1ccc(Cl)cc1Cl. The quantitative estimate of drug-likeness (QED) is 0.182. The summed E-state index contributed by atoms with van der Waals surface area (Å²) in [6, 6.07) is 16.7. The van der Waals surface area contributed by atoms with Crippen LogP contribution in [0.2, 0.25) is 10.0 Å². The van der Waals surface area contributed by atoms with Crippen molar-refractivity contribution < 1.29 is 23.8 Å². The van der Waals surface area contributed by atoms with Gasteiger partial charge in [0.05, 0.1) is 23.4 Å². The molecule has 34 heavy (non-hydrogen) atoms. The molecular formula is C25H22Cl2N2O5. The average molecular weight is 501 g/mol. The smallest absolute Gasteiger partial charge is 0.345 e. The van der Waals surface area contributed by atoms with Crippen molar-refractivity contribution in [3.63, 3.8) is 0 Å². The highest BCUT2D eigenvalue weighted by Crippen LogP contribution is 2.30. The zero-order valence-electron chi connectivity index (χ0n) is 18.5. The molecule has 9 heteroatoms. The van der Waals surface area contributed by atoms with Gasteiger partial charge >= 0.3 is 5.97 Å². The normalized spacial score (nSPS) is 10.7. The van der Waals surface area contributed by atoms with Gasteiger partial charge in [-0.05, 0) is 67.9 Å². The molecule has 3 rings (SSSR count). The van der Waals surface area contributed by atoms with Gasteiger partial charge in [0.2, 0.25) is 0 Å². The molecule has 0 bridgehead atoms. The standard InChI is InChI=1S/C25H22Cl2N2O5/c1-3-32-23-12-17(14-28-29-24(30)15-33-19-8-4-16(2)5-9-19)6-11-22(23)34-25(31)20-10-7-18(26)13-21(20)27/h4-14H,3,15H2,1-2H3,(H,29,30). The third-order valence-corrected chi connectivity index (χ3v) is 4.96. The fraction of sp³-hybridized carbons (Fsp3) is 0.160. The zero-order chi connectivity index (χ0) is 24.5. The van der Waals surface area contributed by atoms with E-state index in [2.05, 4.69) is 10.5 Å². The van der Waals surface area contributed by atoms with E-state index in [0.29, 0.717) is 28.7 Å². The van der Waals surface area contributed by atoms with E-state index in [-0.39, 0.29) is 22.9 Å². The lowest BCUT2D eigenvalue weighted by Gasteiger charge is -2.12. The summed E-state index contributed by atoms with van der Waals surface area (Å²) in [6.07, 6.45) is 1.44. The molecule has 3 aromatic rings. The average Bonchev–Trinajstić information content (AvgIpc) is 2.80. The number of benzene rings is 3. The second-order valence-electron chi connectivity index (χ2n) is 7.05. The fourth-order valence-electron chi connectivity index (χ4n) is 2.76. The minimum atomic E-state index is -0.648. The van der Waals surface area contributed by atoms with Gasteiger partial charge in [-0.25, -0.2) is 10.2 Å². The third-order valence-electron chi connectivity index (χ3n) is 4.42. The number of hydrogen-bond donors (Lipinski definition) is 1. The maximum Gasteiger partial charge on any atom is 0.345 e.